The number of ether oxygens (including phenoxy) is 2. The number of benzene rings is 2. The molecule has 0 spiro atoms. The Morgan fingerprint density at radius 3 is 2.52 bits per heavy atom. The van der Waals surface area contributed by atoms with Crippen molar-refractivity contribution in [3.8, 4) is 17.6 Å². The molecule has 2 aromatic rings. The summed E-state index contributed by atoms with van der Waals surface area (Å²) in [5.41, 5.74) is -0.649. The highest BCUT2D eigenvalue weighted by Gasteiger charge is 2.16. The molecular weight excluding hydrogens is 357 g/mol. The lowest BCUT2D eigenvalue weighted by molar-refractivity contribution is -0.384. The van der Waals surface area contributed by atoms with Gasteiger partial charge in [-0.05, 0) is 29.8 Å². The van der Waals surface area contributed by atoms with E-state index in [1.807, 2.05) is 0 Å². The molecule has 1 amide bonds. The third-order valence-corrected chi connectivity index (χ3v) is 3.49. The van der Waals surface area contributed by atoms with Crippen LogP contribution in [0.4, 0.5) is 15.8 Å². The van der Waals surface area contributed by atoms with E-state index in [1.165, 1.54) is 20.3 Å². The maximum Gasteiger partial charge on any atom is 0.271 e. The first-order chi connectivity index (χ1) is 12.9. The Bertz CT molecular complexity index is 966. The minimum absolute atomic E-state index is 0.326. The van der Waals surface area contributed by atoms with Crippen LogP contribution in [0.15, 0.2) is 42.0 Å². The van der Waals surface area contributed by atoms with E-state index in [0.29, 0.717) is 17.1 Å². The molecule has 0 aromatic heterocycles. The number of hydrogen-bond donors (Lipinski definition) is 1. The zero-order chi connectivity index (χ0) is 20.0. The Balaban J connectivity index is 2.31. The molecule has 0 saturated carbocycles. The number of amides is 1. The second-order valence-corrected chi connectivity index (χ2v) is 5.16. The SMILES string of the molecule is COc1ccc(/C=C(/C#N)C(=O)Nc2cc([N+](=O)[O-])ccc2F)cc1OC. The number of rotatable bonds is 6. The van der Waals surface area contributed by atoms with Gasteiger partial charge in [0.15, 0.2) is 11.5 Å². The van der Waals surface area contributed by atoms with E-state index in [-0.39, 0.29) is 5.57 Å². The maximum atomic E-state index is 13.8. The number of nitro groups is 1. The number of methoxy groups -OCH3 is 2. The number of anilines is 1. The van der Waals surface area contributed by atoms with Crippen molar-refractivity contribution in [2.24, 2.45) is 0 Å². The van der Waals surface area contributed by atoms with Crippen LogP contribution in [0.1, 0.15) is 5.56 Å². The van der Waals surface area contributed by atoms with Gasteiger partial charge in [0.25, 0.3) is 11.6 Å². The summed E-state index contributed by atoms with van der Waals surface area (Å²) >= 11 is 0. The van der Waals surface area contributed by atoms with Crippen LogP contribution >= 0.6 is 0 Å². The molecule has 0 heterocycles. The van der Waals surface area contributed by atoms with Gasteiger partial charge in [-0.2, -0.15) is 5.26 Å². The summed E-state index contributed by atoms with van der Waals surface area (Å²) in [5.74, 6) is -0.908. The number of nitrogens with one attached hydrogen (secondary N) is 1. The molecule has 1 N–H and O–H groups in total. The fraction of sp³-hybridized carbons (Fsp3) is 0.111. The minimum Gasteiger partial charge on any atom is -0.493 e. The van der Waals surface area contributed by atoms with Crippen LogP contribution in [-0.2, 0) is 4.79 Å². The number of nitro benzene ring substituents is 1. The lowest BCUT2D eigenvalue weighted by Gasteiger charge is -2.08. The minimum atomic E-state index is -0.910. The quantitative estimate of drug-likeness (QED) is 0.361. The summed E-state index contributed by atoms with van der Waals surface area (Å²) in [6.45, 7) is 0. The van der Waals surface area contributed by atoms with E-state index in [0.717, 1.165) is 18.2 Å². The molecule has 0 bridgehead atoms. The van der Waals surface area contributed by atoms with Gasteiger partial charge < -0.3 is 14.8 Å². The van der Waals surface area contributed by atoms with E-state index < -0.39 is 28.0 Å². The van der Waals surface area contributed by atoms with Crippen molar-refractivity contribution in [3.05, 3.63) is 63.5 Å². The molecule has 8 nitrogen and oxygen atoms in total. The van der Waals surface area contributed by atoms with Crippen LogP contribution in [0.3, 0.4) is 0 Å². The van der Waals surface area contributed by atoms with Gasteiger partial charge in [-0.3, -0.25) is 14.9 Å². The zero-order valence-corrected chi connectivity index (χ0v) is 14.4. The molecule has 0 saturated heterocycles. The Hall–Kier alpha value is -3.93. The van der Waals surface area contributed by atoms with Gasteiger partial charge in [0.1, 0.15) is 17.5 Å². The van der Waals surface area contributed by atoms with Crippen LogP contribution < -0.4 is 14.8 Å². The highest BCUT2D eigenvalue weighted by Crippen LogP contribution is 2.28. The molecular formula is C18H14FN3O5. The van der Waals surface area contributed by atoms with E-state index in [2.05, 4.69) is 5.32 Å². The summed E-state index contributed by atoms with van der Waals surface area (Å²) in [4.78, 5) is 22.3. The van der Waals surface area contributed by atoms with Gasteiger partial charge in [0.05, 0.1) is 24.8 Å². The first kappa shape index (κ1) is 19.4. The van der Waals surface area contributed by atoms with Gasteiger partial charge in [-0.25, -0.2) is 4.39 Å². The smallest absolute Gasteiger partial charge is 0.271 e. The molecule has 2 rings (SSSR count). The van der Waals surface area contributed by atoms with Crippen LogP contribution in [0, 0.1) is 27.3 Å². The van der Waals surface area contributed by atoms with Gasteiger partial charge in [-0.15, -0.1) is 0 Å². The van der Waals surface area contributed by atoms with Gasteiger partial charge >= 0.3 is 0 Å². The lowest BCUT2D eigenvalue weighted by Crippen LogP contribution is -2.14. The highest BCUT2D eigenvalue weighted by atomic mass is 19.1. The Labute approximate surface area is 153 Å². The van der Waals surface area contributed by atoms with Gasteiger partial charge in [0.2, 0.25) is 0 Å². The summed E-state index contributed by atoms with van der Waals surface area (Å²) < 4.78 is 24.1. The number of carbonyl (C=O) groups is 1. The predicted octanol–water partition coefficient (Wildman–Crippen LogP) is 3.30. The van der Waals surface area contributed by atoms with Crippen molar-refractivity contribution in [1.82, 2.24) is 0 Å². The molecule has 138 valence electrons. The average molecular weight is 371 g/mol. The van der Waals surface area contributed by atoms with Crippen LogP contribution in [0.25, 0.3) is 6.08 Å². The number of carbonyl (C=O) groups excluding carboxylic acids is 1. The number of halogens is 1. The highest BCUT2D eigenvalue weighted by molar-refractivity contribution is 6.09. The third kappa shape index (κ3) is 4.58. The Morgan fingerprint density at radius 1 is 1.22 bits per heavy atom. The van der Waals surface area contributed by atoms with Crippen LogP contribution in [-0.4, -0.2) is 25.1 Å². The van der Waals surface area contributed by atoms with Crippen molar-refractivity contribution < 1.29 is 23.6 Å². The molecule has 0 atom stereocenters. The third-order valence-electron chi connectivity index (χ3n) is 3.49. The molecule has 0 unspecified atom stereocenters. The fourth-order valence-corrected chi connectivity index (χ4v) is 2.17. The van der Waals surface area contributed by atoms with Crippen molar-refractivity contribution in [3.63, 3.8) is 0 Å². The average Bonchev–Trinajstić information content (AvgIpc) is 2.67. The molecule has 2 aromatic carbocycles. The molecule has 0 aliphatic rings. The largest absolute Gasteiger partial charge is 0.493 e. The van der Waals surface area contributed by atoms with Crippen molar-refractivity contribution in [2.45, 2.75) is 0 Å². The molecule has 0 aliphatic heterocycles. The van der Waals surface area contributed by atoms with E-state index in [9.17, 15) is 24.6 Å². The lowest BCUT2D eigenvalue weighted by atomic mass is 10.1. The number of non-ortho nitro benzene ring substituents is 1. The van der Waals surface area contributed by atoms with Crippen molar-refractivity contribution in [1.29, 1.82) is 5.26 Å². The van der Waals surface area contributed by atoms with Crippen LogP contribution in [0.2, 0.25) is 0 Å². The summed E-state index contributed by atoms with van der Waals surface area (Å²) in [6.07, 6.45) is 1.27. The summed E-state index contributed by atoms with van der Waals surface area (Å²) in [6, 6.07) is 9.16. The first-order valence-electron chi connectivity index (χ1n) is 7.48. The fourth-order valence-electron chi connectivity index (χ4n) is 2.17. The zero-order valence-electron chi connectivity index (χ0n) is 14.4. The number of nitriles is 1. The van der Waals surface area contributed by atoms with E-state index >= 15 is 0 Å². The molecule has 27 heavy (non-hydrogen) atoms. The standard InChI is InChI=1S/C18H14FN3O5/c1-26-16-6-3-11(8-17(16)27-2)7-12(10-20)18(23)21-15-9-13(22(24)25)4-5-14(15)19/h3-9H,1-2H3,(H,21,23)/b12-7-. The number of hydrogen-bond acceptors (Lipinski definition) is 6. The monoisotopic (exact) mass is 371 g/mol. The molecule has 0 radical (unpaired) electrons. The van der Waals surface area contributed by atoms with E-state index in [4.69, 9.17) is 9.47 Å². The van der Waals surface area contributed by atoms with Gasteiger partial charge in [0, 0.05) is 12.1 Å². The normalized spacial score (nSPS) is 10.7. The summed E-state index contributed by atoms with van der Waals surface area (Å²) in [7, 11) is 2.91. The molecule has 0 aliphatic carbocycles. The van der Waals surface area contributed by atoms with Crippen LogP contribution in [0.5, 0.6) is 11.5 Å². The van der Waals surface area contributed by atoms with Crippen molar-refractivity contribution >= 4 is 23.4 Å². The predicted molar refractivity (Wildman–Crippen MR) is 94.8 cm³/mol. The summed E-state index contributed by atoms with van der Waals surface area (Å²) in [5, 5.41) is 22.2. The van der Waals surface area contributed by atoms with Crippen molar-refractivity contribution in [2.75, 3.05) is 19.5 Å². The van der Waals surface area contributed by atoms with Gasteiger partial charge in [-0.1, -0.05) is 6.07 Å². The second kappa shape index (κ2) is 8.44. The Morgan fingerprint density at radius 2 is 1.93 bits per heavy atom. The Kier molecular flexibility index (Phi) is 6.06. The maximum absolute atomic E-state index is 13.8. The molecule has 0 fully saturated rings. The number of nitrogens with zero attached hydrogens (tertiary/aromatic N) is 2. The van der Waals surface area contributed by atoms with E-state index in [1.54, 1.807) is 24.3 Å². The molecule has 9 heteroatoms. The second-order valence-electron chi connectivity index (χ2n) is 5.16. The topological polar surface area (TPSA) is 114 Å². The first-order valence-corrected chi connectivity index (χ1v) is 7.48.